The molecule has 1 aliphatic heterocycles. The average molecular weight is 310 g/mol. The van der Waals surface area contributed by atoms with E-state index in [1.165, 1.54) is 11.5 Å². The van der Waals surface area contributed by atoms with Crippen LogP contribution in [0, 0.1) is 11.3 Å². The van der Waals surface area contributed by atoms with Crippen LogP contribution >= 0.6 is 11.5 Å². The molecular weight excluding hydrogens is 288 g/mol. The molecule has 7 heteroatoms. The fourth-order valence-corrected chi connectivity index (χ4v) is 3.86. The number of aromatic nitrogens is 2. The monoisotopic (exact) mass is 310 g/mol. The molecule has 1 amide bonds. The van der Waals surface area contributed by atoms with Gasteiger partial charge >= 0.3 is 6.09 Å². The maximum absolute atomic E-state index is 11.9. The molecule has 1 aromatic rings. The quantitative estimate of drug-likeness (QED) is 0.906. The average Bonchev–Trinajstić information content (AvgIpc) is 2.62. The summed E-state index contributed by atoms with van der Waals surface area (Å²) in [6.45, 7) is 7.33. The van der Waals surface area contributed by atoms with E-state index in [0.29, 0.717) is 16.5 Å². The number of ether oxygens (including phenoxy) is 1. The lowest BCUT2D eigenvalue weighted by Gasteiger charge is -2.58. The van der Waals surface area contributed by atoms with Crippen LogP contribution in [0.5, 0.6) is 0 Å². The molecule has 0 bridgehead atoms. The van der Waals surface area contributed by atoms with Crippen molar-refractivity contribution in [3.63, 3.8) is 0 Å². The number of carbonyl (C=O) groups is 1. The van der Waals surface area contributed by atoms with Crippen molar-refractivity contribution in [3.8, 4) is 0 Å². The number of amides is 1. The zero-order chi connectivity index (χ0) is 15.3. The van der Waals surface area contributed by atoms with Crippen molar-refractivity contribution in [3.05, 3.63) is 5.82 Å². The Kier molecular flexibility index (Phi) is 3.35. The maximum Gasteiger partial charge on any atom is 0.410 e. The van der Waals surface area contributed by atoms with Crippen LogP contribution in [-0.4, -0.2) is 39.0 Å². The number of carbonyl (C=O) groups excluding carboxylic acids is 1. The summed E-state index contributed by atoms with van der Waals surface area (Å²) in [5, 5.41) is 0.541. The largest absolute Gasteiger partial charge is 0.444 e. The van der Waals surface area contributed by atoms with Crippen molar-refractivity contribution >= 4 is 22.8 Å². The zero-order valence-corrected chi connectivity index (χ0v) is 13.6. The number of hydrogen-bond donors (Lipinski definition) is 1. The molecule has 2 heterocycles. The second-order valence-electron chi connectivity index (χ2n) is 7.36. The summed E-state index contributed by atoms with van der Waals surface area (Å²) in [4.78, 5) is 17.9. The third kappa shape index (κ3) is 3.12. The summed E-state index contributed by atoms with van der Waals surface area (Å²) >= 11 is 1.26. The van der Waals surface area contributed by atoms with Crippen molar-refractivity contribution in [2.24, 2.45) is 11.3 Å². The van der Waals surface area contributed by atoms with Crippen LogP contribution in [0.15, 0.2) is 0 Å². The van der Waals surface area contributed by atoms with E-state index < -0.39 is 5.60 Å². The van der Waals surface area contributed by atoms with Gasteiger partial charge in [-0.05, 0) is 39.5 Å². The van der Waals surface area contributed by atoms with Crippen LogP contribution in [0.4, 0.5) is 9.93 Å². The third-order valence-electron chi connectivity index (χ3n) is 4.10. The number of nitrogens with zero attached hydrogens (tertiary/aromatic N) is 3. The smallest absolute Gasteiger partial charge is 0.410 e. The Balaban J connectivity index is 1.42. The second kappa shape index (κ2) is 4.83. The lowest BCUT2D eigenvalue weighted by Crippen LogP contribution is -2.64. The predicted molar refractivity (Wildman–Crippen MR) is 81.0 cm³/mol. The standard InChI is InChI=1S/C14H22N4O2S/c1-13(2,3)20-12(19)18-7-14(8-18)5-9(6-14)4-10-16-11(15)21-17-10/h9H,4-8H2,1-3H3,(H2,15,16,17). The lowest BCUT2D eigenvalue weighted by atomic mass is 9.57. The highest BCUT2D eigenvalue weighted by Crippen LogP contribution is 2.52. The van der Waals surface area contributed by atoms with Gasteiger partial charge in [0.05, 0.1) is 0 Å². The van der Waals surface area contributed by atoms with Crippen LogP contribution in [0.1, 0.15) is 39.4 Å². The topological polar surface area (TPSA) is 81.3 Å². The van der Waals surface area contributed by atoms with Crippen LogP contribution in [-0.2, 0) is 11.2 Å². The van der Waals surface area contributed by atoms with Gasteiger partial charge in [0.15, 0.2) is 5.13 Å². The Labute approximate surface area is 128 Å². The van der Waals surface area contributed by atoms with Gasteiger partial charge in [-0.1, -0.05) is 0 Å². The minimum Gasteiger partial charge on any atom is -0.444 e. The number of nitrogens with two attached hydrogens (primary N) is 1. The van der Waals surface area contributed by atoms with E-state index in [9.17, 15) is 4.79 Å². The number of anilines is 1. The minimum absolute atomic E-state index is 0.189. The van der Waals surface area contributed by atoms with Crippen molar-refractivity contribution in [2.45, 2.75) is 45.6 Å². The van der Waals surface area contributed by atoms with Crippen LogP contribution in [0.3, 0.4) is 0 Å². The fraction of sp³-hybridized carbons (Fsp3) is 0.786. The van der Waals surface area contributed by atoms with E-state index >= 15 is 0 Å². The molecule has 2 fully saturated rings. The molecular formula is C14H22N4O2S. The van der Waals surface area contributed by atoms with Crippen molar-refractivity contribution in [1.29, 1.82) is 0 Å². The van der Waals surface area contributed by atoms with Crippen LogP contribution < -0.4 is 5.73 Å². The Hall–Kier alpha value is -1.37. The van der Waals surface area contributed by atoms with Gasteiger partial charge in [0.25, 0.3) is 0 Å². The first-order valence-electron chi connectivity index (χ1n) is 7.31. The zero-order valence-electron chi connectivity index (χ0n) is 12.8. The van der Waals surface area contributed by atoms with Gasteiger partial charge in [-0.2, -0.15) is 4.37 Å². The highest BCUT2D eigenvalue weighted by atomic mass is 32.1. The number of nitrogen functional groups attached to an aromatic ring is 1. The first-order valence-corrected chi connectivity index (χ1v) is 8.08. The second-order valence-corrected chi connectivity index (χ2v) is 8.15. The Bertz CT molecular complexity index is 537. The van der Waals surface area contributed by atoms with E-state index in [1.807, 2.05) is 20.8 Å². The van der Waals surface area contributed by atoms with Gasteiger partial charge in [0, 0.05) is 36.5 Å². The molecule has 1 spiro atoms. The first kappa shape index (κ1) is 14.6. The van der Waals surface area contributed by atoms with E-state index in [-0.39, 0.29) is 6.09 Å². The van der Waals surface area contributed by atoms with Gasteiger partial charge in [0.2, 0.25) is 0 Å². The van der Waals surface area contributed by atoms with Crippen molar-refractivity contribution in [1.82, 2.24) is 14.3 Å². The van der Waals surface area contributed by atoms with Gasteiger partial charge in [-0.25, -0.2) is 9.78 Å². The van der Waals surface area contributed by atoms with Gasteiger partial charge in [0.1, 0.15) is 11.4 Å². The summed E-state index contributed by atoms with van der Waals surface area (Å²) < 4.78 is 9.62. The fourth-order valence-electron chi connectivity index (χ4n) is 3.40. The molecule has 116 valence electrons. The van der Waals surface area contributed by atoms with E-state index in [1.54, 1.807) is 4.90 Å². The highest BCUT2D eigenvalue weighted by molar-refractivity contribution is 7.09. The Morgan fingerprint density at radius 3 is 2.67 bits per heavy atom. The van der Waals surface area contributed by atoms with E-state index in [2.05, 4.69) is 9.36 Å². The molecule has 1 saturated carbocycles. The normalized spacial score (nSPS) is 21.0. The minimum atomic E-state index is -0.418. The summed E-state index contributed by atoms with van der Waals surface area (Å²) in [5.41, 5.74) is 5.50. The summed E-state index contributed by atoms with van der Waals surface area (Å²) in [5.74, 6) is 1.49. The molecule has 1 aromatic heterocycles. The number of likely N-dealkylation sites (tertiary alicyclic amines) is 1. The first-order chi connectivity index (χ1) is 9.75. The molecule has 1 saturated heterocycles. The SMILES string of the molecule is CC(C)(C)OC(=O)N1CC2(CC(Cc3nsc(N)n3)C2)C1. The molecule has 21 heavy (non-hydrogen) atoms. The molecule has 3 rings (SSSR count). The maximum atomic E-state index is 11.9. The van der Waals surface area contributed by atoms with Gasteiger partial charge in [-0.15, -0.1) is 0 Å². The highest BCUT2D eigenvalue weighted by Gasteiger charge is 2.54. The molecule has 2 aliphatic rings. The van der Waals surface area contributed by atoms with E-state index in [0.717, 1.165) is 38.2 Å². The molecule has 0 unspecified atom stereocenters. The predicted octanol–water partition coefficient (Wildman–Crippen LogP) is 2.31. The van der Waals surface area contributed by atoms with Crippen LogP contribution in [0.25, 0.3) is 0 Å². The molecule has 0 atom stereocenters. The van der Waals surface area contributed by atoms with Crippen molar-refractivity contribution < 1.29 is 9.53 Å². The number of rotatable bonds is 2. The molecule has 2 N–H and O–H groups in total. The molecule has 1 aliphatic carbocycles. The summed E-state index contributed by atoms with van der Waals surface area (Å²) in [7, 11) is 0. The third-order valence-corrected chi connectivity index (χ3v) is 4.68. The molecule has 0 radical (unpaired) electrons. The van der Waals surface area contributed by atoms with Gasteiger partial charge in [-0.3, -0.25) is 0 Å². The van der Waals surface area contributed by atoms with Gasteiger partial charge < -0.3 is 15.4 Å². The molecule has 6 nitrogen and oxygen atoms in total. The molecule has 0 aromatic carbocycles. The lowest BCUT2D eigenvalue weighted by molar-refractivity contribution is -0.0950. The van der Waals surface area contributed by atoms with E-state index in [4.69, 9.17) is 10.5 Å². The van der Waals surface area contributed by atoms with Crippen molar-refractivity contribution in [2.75, 3.05) is 18.8 Å². The number of hydrogen-bond acceptors (Lipinski definition) is 6. The summed E-state index contributed by atoms with van der Waals surface area (Å²) in [6, 6.07) is 0. The van der Waals surface area contributed by atoms with Crippen LogP contribution in [0.2, 0.25) is 0 Å². The summed E-state index contributed by atoms with van der Waals surface area (Å²) in [6.07, 6.45) is 3.00. The Morgan fingerprint density at radius 1 is 1.48 bits per heavy atom. The Morgan fingerprint density at radius 2 is 2.14 bits per heavy atom.